The summed E-state index contributed by atoms with van der Waals surface area (Å²) >= 11 is 1.63. The zero-order chi connectivity index (χ0) is 16.4. The minimum Gasteiger partial charge on any atom is -0.376 e. The molecule has 24 heavy (non-hydrogen) atoms. The van der Waals surface area contributed by atoms with Crippen molar-refractivity contribution in [2.45, 2.75) is 37.4 Å². The number of hydrogen-bond acceptors (Lipinski definition) is 6. The molecule has 124 valence electrons. The number of fused-ring (bicyclic) bond motifs is 1. The summed E-state index contributed by atoms with van der Waals surface area (Å²) in [6.45, 7) is 3.91. The minimum atomic E-state index is 0.556. The smallest absolute Gasteiger partial charge is 0.208 e. The van der Waals surface area contributed by atoms with Crippen molar-refractivity contribution < 1.29 is 9.26 Å². The maximum atomic E-state index is 5.48. The van der Waals surface area contributed by atoms with Crippen LogP contribution >= 0.6 is 11.8 Å². The molecule has 4 rings (SSSR count). The summed E-state index contributed by atoms with van der Waals surface area (Å²) in [5, 5.41) is 9.43. The average molecular weight is 342 g/mol. The van der Waals surface area contributed by atoms with Crippen LogP contribution in [-0.2, 0) is 30.1 Å². The molecule has 3 aromatic rings. The molecule has 1 aliphatic heterocycles. The van der Waals surface area contributed by atoms with E-state index in [4.69, 9.17) is 9.26 Å². The minimum absolute atomic E-state index is 0.556. The van der Waals surface area contributed by atoms with Gasteiger partial charge in [0.25, 0.3) is 0 Å². The van der Waals surface area contributed by atoms with Crippen molar-refractivity contribution in [2.24, 2.45) is 0 Å². The molecule has 2 aromatic heterocycles. The van der Waals surface area contributed by atoms with Gasteiger partial charge in [-0.25, -0.2) is 9.67 Å². The number of thioether (sulfide) groups is 1. The number of aryl methyl sites for hydroxylation is 1. The van der Waals surface area contributed by atoms with Gasteiger partial charge in [-0.1, -0.05) is 46.7 Å². The monoisotopic (exact) mass is 342 g/mol. The summed E-state index contributed by atoms with van der Waals surface area (Å²) in [6.07, 6.45) is 2.53. The number of hydrogen-bond donors (Lipinski definition) is 0. The summed E-state index contributed by atoms with van der Waals surface area (Å²) in [5.74, 6) is 1.79. The third kappa shape index (κ3) is 3.37. The first-order chi connectivity index (χ1) is 11.8. The van der Waals surface area contributed by atoms with Gasteiger partial charge in [0.1, 0.15) is 17.8 Å². The van der Waals surface area contributed by atoms with Crippen LogP contribution in [0.4, 0.5) is 0 Å². The molecule has 0 atom stereocenters. The summed E-state index contributed by atoms with van der Waals surface area (Å²) in [7, 11) is 0. The van der Waals surface area contributed by atoms with Crippen molar-refractivity contribution in [3.63, 3.8) is 0 Å². The Hall–Kier alpha value is -2.12. The molecule has 0 saturated carbocycles. The van der Waals surface area contributed by atoms with E-state index in [1.807, 2.05) is 0 Å². The number of ether oxygens (including phenoxy) is 1. The molecule has 0 spiro atoms. The molecule has 0 fully saturated rings. The Kier molecular flexibility index (Phi) is 4.36. The first-order valence-corrected chi connectivity index (χ1v) is 8.88. The van der Waals surface area contributed by atoms with Gasteiger partial charge >= 0.3 is 0 Å². The highest BCUT2D eigenvalue weighted by atomic mass is 32.2. The molecule has 0 unspecified atom stereocenters. The predicted molar refractivity (Wildman–Crippen MR) is 89.7 cm³/mol. The highest BCUT2D eigenvalue weighted by Crippen LogP contribution is 2.22. The Morgan fingerprint density at radius 2 is 2.12 bits per heavy atom. The summed E-state index contributed by atoms with van der Waals surface area (Å²) in [4.78, 5) is 4.37. The van der Waals surface area contributed by atoms with Crippen molar-refractivity contribution in [1.82, 2.24) is 19.9 Å². The van der Waals surface area contributed by atoms with Crippen LogP contribution in [0.25, 0.3) is 0 Å². The first-order valence-electron chi connectivity index (χ1n) is 7.90. The predicted octanol–water partition coefficient (Wildman–Crippen LogP) is 2.99. The Labute approximate surface area is 144 Å². The van der Waals surface area contributed by atoms with Gasteiger partial charge in [0.15, 0.2) is 0 Å². The highest BCUT2D eigenvalue weighted by Gasteiger charge is 2.20. The van der Waals surface area contributed by atoms with E-state index in [0.29, 0.717) is 19.8 Å². The second-order valence-electron chi connectivity index (χ2n) is 5.83. The van der Waals surface area contributed by atoms with Crippen LogP contribution in [0.1, 0.15) is 28.1 Å². The number of aromatic nitrogens is 4. The van der Waals surface area contributed by atoms with Gasteiger partial charge in [0.05, 0.1) is 19.8 Å². The lowest BCUT2D eigenvalue weighted by Crippen LogP contribution is -2.10. The van der Waals surface area contributed by atoms with Crippen LogP contribution in [0.5, 0.6) is 0 Å². The summed E-state index contributed by atoms with van der Waals surface area (Å²) in [6, 6.07) is 8.53. The number of benzene rings is 1. The van der Waals surface area contributed by atoms with Crippen molar-refractivity contribution in [3.05, 3.63) is 58.7 Å². The van der Waals surface area contributed by atoms with Crippen LogP contribution in [0.3, 0.4) is 0 Å². The Morgan fingerprint density at radius 3 is 3.00 bits per heavy atom. The van der Waals surface area contributed by atoms with E-state index in [1.54, 1.807) is 22.8 Å². The van der Waals surface area contributed by atoms with Crippen molar-refractivity contribution in [1.29, 1.82) is 0 Å². The Morgan fingerprint density at radius 1 is 1.25 bits per heavy atom. The number of rotatable bonds is 5. The standard InChI is InChI=1S/C17H18N4O2S/c1-12-2-4-13(5-3-12)10-24-17-18-11-21(19-17)8-15-14-9-22-7-6-16(14)23-20-15/h2-5,11H,6-10H2,1H3. The normalized spacial score (nSPS) is 13.9. The van der Waals surface area contributed by atoms with Crippen LogP contribution < -0.4 is 0 Å². The molecule has 7 heteroatoms. The van der Waals surface area contributed by atoms with Gasteiger partial charge in [-0.2, -0.15) is 0 Å². The van der Waals surface area contributed by atoms with Gasteiger partial charge in [-0.15, -0.1) is 5.10 Å². The molecular weight excluding hydrogens is 324 g/mol. The molecular formula is C17H18N4O2S. The molecule has 0 N–H and O–H groups in total. The highest BCUT2D eigenvalue weighted by molar-refractivity contribution is 7.98. The largest absolute Gasteiger partial charge is 0.376 e. The maximum absolute atomic E-state index is 5.48. The third-order valence-electron chi connectivity index (χ3n) is 3.99. The van der Waals surface area contributed by atoms with Gasteiger partial charge in [-0.3, -0.25) is 0 Å². The van der Waals surface area contributed by atoms with Crippen LogP contribution in [0.2, 0.25) is 0 Å². The molecule has 1 aromatic carbocycles. The SMILES string of the molecule is Cc1ccc(CSc2ncn(Cc3noc4c3COCC4)n2)cc1. The molecule has 0 saturated heterocycles. The average Bonchev–Trinajstić information content (AvgIpc) is 3.22. The molecule has 0 amide bonds. The van der Waals surface area contributed by atoms with Crippen molar-refractivity contribution >= 4 is 11.8 Å². The zero-order valence-corrected chi connectivity index (χ0v) is 14.3. The zero-order valence-electron chi connectivity index (χ0n) is 13.4. The van der Waals surface area contributed by atoms with Crippen molar-refractivity contribution in [3.8, 4) is 0 Å². The van der Waals surface area contributed by atoms with Crippen LogP contribution in [0, 0.1) is 6.92 Å². The fourth-order valence-electron chi connectivity index (χ4n) is 2.61. The second kappa shape index (κ2) is 6.78. The Bertz CT molecular complexity index is 825. The number of nitrogens with zero attached hydrogens (tertiary/aromatic N) is 4. The van der Waals surface area contributed by atoms with Crippen LogP contribution in [0.15, 0.2) is 40.3 Å². The molecule has 0 radical (unpaired) electrons. The summed E-state index contributed by atoms with van der Waals surface area (Å²) in [5.41, 5.74) is 4.48. The van der Waals surface area contributed by atoms with Gasteiger partial charge in [-0.05, 0) is 12.5 Å². The van der Waals surface area contributed by atoms with E-state index in [-0.39, 0.29) is 0 Å². The molecule has 6 nitrogen and oxygen atoms in total. The van der Waals surface area contributed by atoms with Crippen molar-refractivity contribution in [2.75, 3.05) is 6.61 Å². The third-order valence-corrected chi connectivity index (χ3v) is 4.91. The van der Waals surface area contributed by atoms with E-state index in [1.165, 1.54) is 11.1 Å². The maximum Gasteiger partial charge on any atom is 0.208 e. The molecule has 0 bridgehead atoms. The fourth-order valence-corrected chi connectivity index (χ4v) is 3.38. The van der Waals surface area contributed by atoms with Crippen LogP contribution in [-0.4, -0.2) is 26.5 Å². The van der Waals surface area contributed by atoms with E-state index in [0.717, 1.165) is 34.3 Å². The van der Waals surface area contributed by atoms with E-state index >= 15 is 0 Å². The van der Waals surface area contributed by atoms with E-state index in [9.17, 15) is 0 Å². The molecule has 1 aliphatic rings. The summed E-state index contributed by atoms with van der Waals surface area (Å²) < 4.78 is 12.7. The Balaban J connectivity index is 1.39. The second-order valence-corrected chi connectivity index (χ2v) is 6.78. The first kappa shape index (κ1) is 15.4. The lowest BCUT2D eigenvalue weighted by molar-refractivity contribution is 0.102. The van der Waals surface area contributed by atoms with E-state index < -0.39 is 0 Å². The fraction of sp³-hybridized carbons (Fsp3) is 0.353. The van der Waals surface area contributed by atoms with Gasteiger partial charge < -0.3 is 9.26 Å². The topological polar surface area (TPSA) is 66.0 Å². The van der Waals surface area contributed by atoms with Gasteiger partial charge in [0, 0.05) is 17.7 Å². The van der Waals surface area contributed by atoms with Gasteiger partial charge in [0.2, 0.25) is 5.16 Å². The molecule has 3 heterocycles. The lowest BCUT2D eigenvalue weighted by Gasteiger charge is -2.10. The molecule has 0 aliphatic carbocycles. The quantitative estimate of drug-likeness (QED) is 0.664. The van der Waals surface area contributed by atoms with E-state index in [2.05, 4.69) is 46.4 Å². The lowest BCUT2D eigenvalue weighted by atomic mass is 10.1.